The lowest BCUT2D eigenvalue weighted by Crippen LogP contribution is -2.29. The zero-order chi connectivity index (χ0) is 12.5. The molecule has 1 aromatic carbocycles. The lowest BCUT2D eigenvalue weighted by atomic mass is 10.1. The molecule has 0 fully saturated rings. The zero-order valence-corrected chi connectivity index (χ0v) is 11.4. The quantitative estimate of drug-likeness (QED) is 0.700. The van der Waals surface area contributed by atoms with E-state index < -0.39 is 0 Å². The minimum atomic E-state index is 0.318. The average molecular weight is 254 g/mol. The fourth-order valence-electron chi connectivity index (χ4n) is 1.71. The second-order valence-corrected chi connectivity index (χ2v) is 4.90. The third-order valence-corrected chi connectivity index (χ3v) is 3.35. The Morgan fingerprint density at radius 2 is 2.18 bits per heavy atom. The monoisotopic (exact) mass is 254 g/mol. The largest absolute Gasteiger partial charge is 0.495 e. The van der Waals surface area contributed by atoms with Gasteiger partial charge in [-0.1, -0.05) is 12.1 Å². The number of benzene rings is 1. The smallest absolute Gasteiger partial charge is 0.141 e. The lowest BCUT2D eigenvalue weighted by molar-refractivity contribution is 0.415. The van der Waals surface area contributed by atoms with Crippen molar-refractivity contribution < 1.29 is 4.74 Å². The summed E-state index contributed by atoms with van der Waals surface area (Å²) in [7, 11) is 1.69. The predicted octanol–water partition coefficient (Wildman–Crippen LogP) is 2.58. The molecule has 0 heterocycles. The SMILES string of the molecule is COc1ccccc1NC(CN)CCCSC. The Morgan fingerprint density at radius 3 is 2.82 bits per heavy atom. The summed E-state index contributed by atoms with van der Waals surface area (Å²) < 4.78 is 5.31. The molecule has 1 aromatic rings. The molecule has 0 bridgehead atoms. The molecule has 3 nitrogen and oxygen atoms in total. The van der Waals surface area contributed by atoms with E-state index in [1.54, 1.807) is 7.11 Å². The number of nitrogens with two attached hydrogens (primary N) is 1. The van der Waals surface area contributed by atoms with Crippen LogP contribution in [0.5, 0.6) is 5.75 Å². The molecular weight excluding hydrogens is 232 g/mol. The number of para-hydroxylation sites is 2. The van der Waals surface area contributed by atoms with Crippen LogP contribution in [0.25, 0.3) is 0 Å². The van der Waals surface area contributed by atoms with E-state index >= 15 is 0 Å². The Hall–Kier alpha value is -0.870. The van der Waals surface area contributed by atoms with Gasteiger partial charge in [0.2, 0.25) is 0 Å². The highest BCUT2D eigenvalue weighted by atomic mass is 32.2. The van der Waals surface area contributed by atoms with E-state index in [2.05, 4.69) is 11.6 Å². The third-order valence-electron chi connectivity index (χ3n) is 2.65. The maximum absolute atomic E-state index is 5.78. The number of hydrogen-bond donors (Lipinski definition) is 2. The molecule has 0 aliphatic carbocycles. The van der Waals surface area contributed by atoms with E-state index in [1.807, 2.05) is 36.0 Å². The van der Waals surface area contributed by atoms with Gasteiger partial charge in [0.05, 0.1) is 12.8 Å². The minimum Gasteiger partial charge on any atom is -0.495 e. The van der Waals surface area contributed by atoms with Crippen molar-refractivity contribution in [2.24, 2.45) is 5.73 Å². The van der Waals surface area contributed by atoms with Crippen LogP contribution in [0.15, 0.2) is 24.3 Å². The molecule has 0 amide bonds. The molecule has 0 aliphatic heterocycles. The second kappa shape index (κ2) is 8.25. The second-order valence-electron chi connectivity index (χ2n) is 3.91. The summed E-state index contributed by atoms with van der Waals surface area (Å²) >= 11 is 1.87. The molecule has 3 N–H and O–H groups in total. The van der Waals surface area contributed by atoms with Crippen LogP contribution in [0.1, 0.15) is 12.8 Å². The van der Waals surface area contributed by atoms with Gasteiger partial charge in [-0.05, 0) is 37.0 Å². The lowest BCUT2D eigenvalue weighted by Gasteiger charge is -2.19. The predicted molar refractivity (Wildman–Crippen MR) is 77.1 cm³/mol. The summed E-state index contributed by atoms with van der Waals surface area (Å²) in [5.41, 5.74) is 6.81. The number of methoxy groups -OCH3 is 1. The number of ether oxygens (including phenoxy) is 1. The molecule has 0 aromatic heterocycles. The number of anilines is 1. The average Bonchev–Trinajstić information content (AvgIpc) is 2.38. The van der Waals surface area contributed by atoms with E-state index in [0.717, 1.165) is 17.9 Å². The van der Waals surface area contributed by atoms with Crippen LogP contribution in [-0.4, -0.2) is 31.7 Å². The first-order chi connectivity index (χ1) is 8.31. The van der Waals surface area contributed by atoms with Crippen molar-refractivity contribution in [2.75, 3.05) is 31.0 Å². The van der Waals surface area contributed by atoms with Gasteiger partial charge in [-0.15, -0.1) is 0 Å². The summed E-state index contributed by atoms with van der Waals surface area (Å²) in [6.07, 6.45) is 4.41. The van der Waals surface area contributed by atoms with E-state index in [1.165, 1.54) is 12.2 Å². The van der Waals surface area contributed by atoms with E-state index in [0.29, 0.717) is 12.6 Å². The number of thioether (sulfide) groups is 1. The van der Waals surface area contributed by atoms with Crippen molar-refractivity contribution in [3.05, 3.63) is 24.3 Å². The number of rotatable bonds is 8. The van der Waals surface area contributed by atoms with Gasteiger partial charge < -0.3 is 15.8 Å². The first-order valence-electron chi connectivity index (χ1n) is 5.90. The number of nitrogens with one attached hydrogen (secondary N) is 1. The highest BCUT2D eigenvalue weighted by Gasteiger charge is 2.08. The van der Waals surface area contributed by atoms with Gasteiger partial charge in [0.15, 0.2) is 0 Å². The van der Waals surface area contributed by atoms with Crippen LogP contribution >= 0.6 is 11.8 Å². The molecule has 0 radical (unpaired) electrons. The van der Waals surface area contributed by atoms with Crippen LogP contribution in [0.4, 0.5) is 5.69 Å². The van der Waals surface area contributed by atoms with Crippen LogP contribution < -0.4 is 15.8 Å². The van der Waals surface area contributed by atoms with Crippen molar-refractivity contribution in [3.8, 4) is 5.75 Å². The molecule has 1 unspecified atom stereocenters. The highest BCUT2D eigenvalue weighted by molar-refractivity contribution is 7.98. The van der Waals surface area contributed by atoms with E-state index in [-0.39, 0.29) is 0 Å². The van der Waals surface area contributed by atoms with Crippen molar-refractivity contribution >= 4 is 17.4 Å². The Bertz CT molecular complexity index is 320. The molecular formula is C13H22N2OS. The summed E-state index contributed by atoms with van der Waals surface area (Å²) in [4.78, 5) is 0. The molecule has 0 aliphatic rings. The van der Waals surface area contributed by atoms with Gasteiger partial charge in [0.1, 0.15) is 5.75 Å². The molecule has 1 rings (SSSR count). The van der Waals surface area contributed by atoms with Gasteiger partial charge >= 0.3 is 0 Å². The maximum atomic E-state index is 5.78. The Balaban J connectivity index is 2.54. The Kier molecular flexibility index (Phi) is 6.89. The summed E-state index contributed by atoms with van der Waals surface area (Å²) in [5, 5.41) is 3.45. The summed E-state index contributed by atoms with van der Waals surface area (Å²) in [6.45, 7) is 0.645. The van der Waals surface area contributed by atoms with Gasteiger partial charge in [0.25, 0.3) is 0 Å². The normalized spacial score (nSPS) is 12.2. The van der Waals surface area contributed by atoms with Crippen molar-refractivity contribution in [1.29, 1.82) is 0 Å². The minimum absolute atomic E-state index is 0.318. The van der Waals surface area contributed by atoms with Crippen molar-refractivity contribution in [1.82, 2.24) is 0 Å². The first kappa shape index (κ1) is 14.2. The van der Waals surface area contributed by atoms with E-state index in [9.17, 15) is 0 Å². The highest BCUT2D eigenvalue weighted by Crippen LogP contribution is 2.24. The molecule has 0 saturated heterocycles. The standard InChI is InChI=1S/C13H22N2OS/c1-16-13-8-4-3-7-12(13)15-11(10-14)6-5-9-17-2/h3-4,7-8,11,15H,5-6,9-10,14H2,1-2H3. The van der Waals surface area contributed by atoms with Crippen molar-refractivity contribution in [3.63, 3.8) is 0 Å². The van der Waals surface area contributed by atoms with Crippen molar-refractivity contribution in [2.45, 2.75) is 18.9 Å². The fraction of sp³-hybridized carbons (Fsp3) is 0.538. The Morgan fingerprint density at radius 1 is 1.41 bits per heavy atom. The van der Waals surface area contributed by atoms with E-state index in [4.69, 9.17) is 10.5 Å². The van der Waals surface area contributed by atoms with Gasteiger partial charge in [-0.3, -0.25) is 0 Å². The topological polar surface area (TPSA) is 47.3 Å². The molecule has 1 atom stereocenters. The van der Waals surface area contributed by atoms with Gasteiger partial charge in [-0.25, -0.2) is 0 Å². The molecule has 0 spiro atoms. The number of hydrogen-bond acceptors (Lipinski definition) is 4. The van der Waals surface area contributed by atoms with Gasteiger partial charge in [0, 0.05) is 12.6 Å². The van der Waals surface area contributed by atoms with Crippen LogP contribution in [0.2, 0.25) is 0 Å². The molecule has 0 saturated carbocycles. The third kappa shape index (κ3) is 4.88. The van der Waals surface area contributed by atoms with Crippen LogP contribution in [0, 0.1) is 0 Å². The first-order valence-corrected chi connectivity index (χ1v) is 7.29. The summed E-state index contributed by atoms with van der Waals surface area (Å²) in [6, 6.07) is 8.27. The van der Waals surface area contributed by atoms with Gasteiger partial charge in [-0.2, -0.15) is 11.8 Å². The molecule has 96 valence electrons. The Labute approximate surface area is 108 Å². The summed E-state index contributed by atoms with van der Waals surface area (Å²) in [5.74, 6) is 2.06. The molecule has 17 heavy (non-hydrogen) atoms. The van der Waals surface area contributed by atoms with Crippen LogP contribution in [0.3, 0.4) is 0 Å². The molecule has 4 heteroatoms. The fourth-order valence-corrected chi connectivity index (χ4v) is 2.16. The maximum Gasteiger partial charge on any atom is 0.141 e. The van der Waals surface area contributed by atoms with Crippen LogP contribution in [-0.2, 0) is 0 Å². The zero-order valence-electron chi connectivity index (χ0n) is 10.6.